The molecule has 0 fully saturated rings. The Morgan fingerprint density at radius 1 is 0.818 bits per heavy atom. The largest absolute Gasteiger partial charge is 0.350 e. The van der Waals surface area contributed by atoms with Crippen molar-refractivity contribution < 1.29 is 9.59 Å². The number of carbonyl (C=O) groups excluding carboxylic acids is 2. The first-order chi connectivity index (χ1) is 9.60. The van der Waals surface area contributed by atoms with Crippen LogP contribution in [0.25, 0.3) is 0 Å². The van der Waals surface area contributed by atoms with Crippen LogP contribution in [-0.2, 0) is 9.59 Å². The zero-order chi connectivity index (χ0) is 17.8. The molecule has 0 aromatic carbocycles. The normalized spacial score (nSPS) is 13.2. The Hall–Kier alpha value is -1.10. The van der Waals surface area contributed by atoms with Crippen molar-refractivity contribution >= 4 is 11.8 Å². The predicted molar refractivity (Wildman–Crippen MR) is 91.7 cm³/mol. The van der Waals surface area contributed by atoms with E-state index in [2.05, 4.69) is 31.4 Å². The Bertz CT molecular complexity index is 390. The minimum Gasteiger partial charge on any atom is -0.350 e. The number of hydrogen-bond donors (Lipinski definition) is 2. The molecule has 0 saturated carbocycles. The average Bonchev–Trinajstić information content (AvgIpc) is 2.05. The second-order valence-corrected chi connectivity index (χ2v) is 9.14. The van der Waals surface area contributed by atoms with Crippen molar-refractivity contribution in [1.82, 2.24) is 15.5 Å². The van der Waals surface area contributed by atoms with E-state index in [9.17, 15) is 9.59 Å². The highest BCUT2D eigenvalue weighted by Gasteiger charge is 2.27. The summed E-state index contributed by atoms with van der Waals surface area (Å²) in [5, 5.41) is 5.94. The van der Waals surface area contributed by atoms with Gasteiger partial charge in [-0.25, -0.2) is 0 Å². The van der Waals surface area contributed by atoms with Gasteiger partial charge in [0.05, 0.1) is 13.1 Å². The molecule has 0 bridgehead atoms. The van der Waals surface area contributed by atoms with Crippen LogP contribution in [0.2, 0.25) is 0 Å². The standard InChI is InChI=1S/C17H35N3O2/c1-15(2,3)12-17(7,8)19-14(22)11-20(9)10-13(21)18-16(4,5)6/h10-12H2,1-9H3,(H,18,21)(H,19,22). The highest BCUT2D eigenvalue weighted by molar-refractivity contribution is 5.81. The molecule has 0 aliphatic heterocycles. The molecular weight excluding hydrogens is 278 g/mol. The number of nitrogens with one attached hydrogen (secondary N) is 2. The first kappa shape index (κ1) is 20.9. The molecule has 0 aromatic heterocycles. The lowest BCUT2D eigenvalue weighted by atomic mass is 9.82. The second-order valence-electron chi connectivity index (χ2n) is 9.14. The molecule has 0 saturated heterocycles. The van der Waals surface area contributed by atoms with Crippen LogP contribution >= 0.6 is 0 Å². The average molecular weight is 313 g/mol. The number of carbonyl (C=O) groups is 2. The maximum atomic E-state index is 12.1. The minimum absolute atomic E-state index is 0.0553. The van der Waals surface area contributed by atoms with Gasteiger partial charge in [-0.15, -0.1) is 0 Å². The molecule has 5 heteroatoms. The van der Waals surface area contributed by atoms with Crippen molar-refractivity contribution in [2.45, 2.75) is 72.9 Å². The van der Waals surface area contributed by atoms with Crippen LogP contribution in [0.4, 0.5) is 0 Å². The first-order valence-electron chi connectivity index (χ1n) is 7.90. The molecule has 0 unspecified atom stereocenters. The smallest absolute Gasteiger partial charge is 0.234 e. The van der Waals surface area contributed by atoms with Crippen molar-refractivity contribution in [2.24, 2.45) is 5.41 Å². The lowest BCUT2D eigenvalue weighted by Gasteiger charge is -2.33. The Balaban J connectivity index is 4.34. The van der Waals surface area contributed by atoms with Crippen LogP contribution in [0, 0.1) is 5.41 Å². The zero-order valence-electron chi connectivity index (χ0n) is 15.9. The van der Waals surface area contributed by atoms with Crippen LogP contribution in [0.15, 0.2) is 0 Å². The van der Waals surface area contributed by atoms with Crippen LogP contribution in [0.3, 0.4) is 0 Å². The van der Waals surface area contributed by atoms with Crippen LogP contribution in [-0.4, -0.2) is 47.9 Å². The van der Waals surface area contributed by atoms with E-state index in [4.69, 9.17) is 0 Å². The quantitative estimate of drug-likeness (QED) is 0.790. The monoisotopic (exact) mass is 313 g/mol. The molecule has 2 amide bonds. The van der Waals surface area contributed by atoms with Crippen LogP contribution in [0.1, 0.15) is 61.8 Å². The second kappa shape index (κ2) is 7.44. The van der Waals surface area contributed by atoms with E-state index in [1.54, 1.807) is 11.9 Å². The molecule has 0 radical (unpaired) electrons. The fraction of sp³-hybridized carbons (Fsp3) is 0.882. The lowest BCUT2D eigenvalue weighted by Crippen LogP contribution is -2.50. The van der Waals surface area contributed by atoms with E-state index in [0.717, 1.165) is 6.42 Å². The Labute approximate surface area is 136 Å². The fourth-order valence-electron chi connectivity index (χ4n) is 2.79. The summed E-state index contributed by atoms with van der Waals surface area (Å²) in [6.07, 6.45) is 0.889. The van der Waals surface area contributed by atoms with Gasteiger partial charge in [0.15, 0.2) is 0 Å². The predicted octanol–water partition coefficient (Wildman–Crippen LogP) is 2.16. The Kier molecular flexibility index (Phi) is 7.07. The summed E-state index contributed by atoms with van der Waals surface area (Å²) in [5.74, 6) is -0.128. The molecule has 2 N–H and O–H groups in total. The highest BCUT2D eigenvalue weighted by Crippen LogP contribution is 2.26. The summed E-state index contributed by atoms with van der Waals surface area (Å²) in [4.78, 5) is 25.7. The van der Waals surface area contributed by atoms with Gasteiger partial charge in [-0.3, -0.25) is 14.5 Å². The van der Waals surface area contributed by atoms with Crippen molar-refractivity contribution in [3.63, 3.8) is 0 Å². The van der Waals surface area contributed by atoms with Gasteiger partial charge in [-0.2, -0.15) is 0 Å². The van der Waals surface area contributed by atoms with Crippen LogP contribution in [0.5, 0.6) is 0 Å². The maximum absolute atomic E-state index is 12.1. The molecule has 0 atom stereocenters. The topological polar surface area (TPSA) is 61.4 Å². The maximum Gasteiger partial charge on any atom is 0.234 e. The molecule has 0 heterocycles. The summed E-state index contributed by atoms with van der Waals surface area (Å²) in [5.41, 5.74) is -0.367. The summed E-state index contributed by atoms with van der Waals surface area (Å²) >= 11 is 0. The van der Waals surface area contributed by atoms with Gasteiger partial charge in [0.25, 0.3) is 0 Å². The van der Waals surface area contributed by atoms with E-state index >= 15 is 0 Å². The third-order valence-corrected chi connectivity index (χ3v) is 2.79. The molecule has 5 nitrogen and oxygen atoms in total. The van der Waals surface area contributed by atoms with Gasteiger partial charge < -0.3 is 10.6 Å². The van der Waals surface area contributed by atoms with Crippen molar-refractivity contribution in [3.8, 4) is 0 Å². The van der Waals surface area contributed by atoms with Gasteiger partial charge in [0.2, 0.25) is 11.8 Å². The van der Waals surface area contributed by atoms with Gasteiger partial charge >= 0.3 is 0 Å². The number of rotatable bonds is 6. The minimum atomic E-state index is -0.260. The van der Waals surface area contributed by atoms with Gasteiger partial charge in [0.1, 0.15) is 0 Å². The van der Waals surface area contributed by atoms with Crippen molar-refractivity contribution in [1.29, 1.82) is 0 Å². The number of nitrogens with zero attached hydrogens (tertiary/aromatic N) is 1. The Morgan fingerprint density at radius 3 is 1.59 bits per heavy atom. The SMILES string of the molecule is CN(CC(=O)NC(C)(C)C)CC(=O)NC(C)(C)CC(C)(C)C. The van der Waals surface area contributed by atoms with E-state index in [-0.39, 0.29) is 41.4 Å². The molecule has 0 spiro atoms. The summed E-state index contributed by atoms with van der Waals surface area (Å²) < 4.78 is 0. The fourth-order valence-corrected chi connectivity index (χ4v) is 2.79. The summed E-state index contributed by atoms with van der Waals surface area (Å²) in [6.45, 7) is 16.8. The van der Waals surface area contributed by atoms with Crippen molar-refractivity contribution in [2.75, 3.05) is 20.1 Å². The number of amides is 2. The third kappa shape index (κ3) is 11.5. The first-order valence-corrected chi connectivity index (χ1v) is 7.90. The van der Waals surface area contributed by atoms with Crippen molar-refractivity contribution in [3.05, 3.63) is 0 Å². The molecular formula is C17H35N3O2. The summed E-state index contributed by atoms with van der Waals surface area (Å²) in [7, 11) is 1.78. The molecule has 0 rings (SSSR count). The molecule has 0 aliphatic rings. The molecule has 22 heavy (non-hydrogen) atoms. The highest BCUT2D eigenvalue weighted by atomic mass is 16.2. The molecule has 0 aromatic rings. The van der Waals surface area contributed by atoms with E-state index in [1.807, 2.05) is 34.6 Å². The lowest BCUT2D eigenvalue weighted by molar-refractivity contribution is -0.126. The molecule has 130 valence electrons. The van der Waals surface area contributed by atoms with E-state index < -0.39 is 0 Å². The van der Waals surface area contributed by atoms with Gasteiger partial charge in [0, 0.05) is 11.1 Å². The van der Waals surface area contributed by atoms with Crippen LogP contribution < -0.4 is 10.6 Å². The molecule has 0 aliphatic carbocycles. The summed E-state index contributed by atoms with van der Waals surface area (Å²) in [6, 6.07) is 0. The number of likely N-dealkylation sites (N-methyl/N-ethyl adjacent to an activating group) is 1. The number of hydrogen-bond acceptors (Lipinski definition) is 3. The zero-order valence-corrected chi connectivity index (χ0v) is 15.9. The van der Waals surface area contributed by atoms with E-state index in [0.29, 0.717) is 0 Å². The third-order valence-electron chi connectivity index (χ3n) is 2.79. The van der Waals surface area contributed by atoms with E-state index in [1.165, 1.54) is 0 Å². The Morgan fingerprint density at radius 2 is 1.23 bits per heavy atom. The van der Waals surface area contributed by atoms with Gasteiger partial charge in [-0.1, -0.05) is 20.8 Å². The van der Waals surface area contributed by atoms with Gasteiger partial charge in [-0.05, 0) is 53.5 Å².